The van der Waals surface area contributed by atoms with Gasteiger partial charge in [-0.3, -0.25) is 4.79 Å². The third kappa shape index (κ3) is 6.50. The van der Waals surface area contributed by atoms with Gasteiger partial charge in [-0.2, -0.15) is 0 Å². The van der Waals surface area contributed by atoms with Crippen LogP contribution in [-0.4, -0.2) is 18.3 Å². The molecule has 0 saturated carbocycles. The van der Waals surface area contributed by atoms with Gasteiger partial charge in [-0.15, -0.1) is 0 Å². The first-order valence-corrected chi connectivity index (χ1v) is 9.43. The standard InChI is InChI=1S/C24H23NO4/c1-18(26)11-12-19-13-15-20(16-14-19)28-17-24(27)25-22-9-5-6-10-23(22)29-21-7-3-2-4-8-21/h2-10,13-16H,11-12,17H2,1H3,(H,25,27). The van der Waals surface area contributed by atoms with E-state index in [9.17, 15) is 9.59 Å². The highest BCUT2D eigenvalue weighted by Gasteiger charge is 2.09. The molecule has 29 heavy (non-hydrogen) atoms. The van der Waals surface area contributed by atoms with E-state index in [0.29, 0.717) is 35.8 Å². The van der Waals surface area contributed by atoms with Crippen molar-refractivity contribution in [2.45, 2.75) is 19.8 Å². The molecule has 1 amide bonds. The predicted octanol–water partition coefficient (Wildman–Crippen LogP) is 5.02. The Kier molecular flexibility index (Phi) is 7.00. The van der Waals surface area contributed by atoms with Crippen molar-refractivity contribution in [3.05, 3.63) is 84.4 Å². The van der Waals surface area contributed by atoms with Crippen LogP contribution < -0.4 is 14.8 Å². The fourth-order valence-corrected chi connectivity index (χ4v) is 2.68. The molecule has 0 fully saturated rings. The SMILES string of the molecule is CC(=O)CCc1ccc(OCC(=O)Nc2ccccc2Oc2ccccc2)cc1. The molecule has 3 aromatic carbocycles. The molecule has 0 aliphatic rings. The fraction of sp³-hybridized carbons (Fsp3) is 0.167. The van der Waals surface area contributed by atoms with Gasteiger partial charge in [0.05, 0.1) is 5.69 Å². The Balaban J connectivity index is 1.54. The zero-order valence-electron chi connectivity index (χ0n) is 16.3. The molecule has 0 aliphatic carbocycles. The number of carbonyl (C=O) groups excluding carboxylic acids is 2. The van der Waals surface area contributed by atoms with Crippen molar-refractivity contribution in [3.63, 3.8) is 0 Å². The van der Waals surface area contributed by atoms with Gasteiger partial charge in [0.15, 0.2) is 12.4 Å². The maximum Gasteiger partial charge on any atom is 0.262 e. The van der Waals surface area contributed by atoms with Crippen molar-refractivity contribution in [2.24, 2.45) is 0 Å². The summed E-state index contributed by atoms with van der Waals surface area (Å²) in [7, 11) is 0. The minimum Gasteiger partial charge on any atom is -0.484 e. The Morgan fingerprint density at radius 3 is 2.24 bits per heavy atom. The summed E-state index contributed by atoms with van der Waals surface area (Å²) in [6.07, 6.45) is 1.22. The van der Waals surface area contributed by atoms with E-state index in [2.05, 4.69) is 5.32 Å². The van der Waals surface area contributed by atoms with Gasteiger partial charge in [0, 0.05) is 6.42 Å². The number of rotatable bonds is 9. The largest absolute Gasteiger partial charge is 0.484 e. The molecule has 0 saturated heterocycles. The van der Waals surface area contributed by atoms with Gasteiger partial charge < -0.3 is 19.6 Å². The Bertz CT molecular complexity index is 952. The van der Waals surface area contributed by atoms with Crippen LogP contribution in [-0.2, 0) is 16.0 Å². The highest BCUT2D eigenvalue weighted by molar-refractivity contribution is 5.93. The molecule has 3 aromatic rings. The van der Waals surface area contributed by atoms with Crippen LogP contribution in [0.4, 0.5) is 5.69 Å². The number of nitrogens with one attached hydrogen (secondary N) is 1. The summed E-state index contributed by atoms with van der Waals surface area (Å²) < 4.78 is 11.4. The second kappa shape index (κ2) is 10.1. The van der Waals surface area contributed by atoms with Gasteiger partial charge in [0.25, 0.3) is 5.91 Å². The van der Waals surface area contributed by atoms with Gasteiger partial charge in [-0.05, 0) is 55.3 Å². The molecule has 0 aliphatic heterocycles. The second-order valence-electron chi connectivity index (χ2n) is 6.59. The number of para-hydroxylation sites is 3. The first kappa shape index (κ1) is 20.1. The van der Waals surface area contributed by atoms with E-state index >= 15 is 0 Å². The van der Waals surface area contributed by atoms with Crippen LogP contribution in [0.5, 0.6) is 17.2 Å². The first-order valence-electron chi connectivity index (χ1n) is 9.43. The summed E-state index contributed by atoms with van der Waals surface area (Å²) in [4.78, 5) is 23.4. The number of carbonyl (C=O) groups is 2. The maximum atomic E-state index is 12.3. The number of anilines is 1. The topological polar surface area (TPSA) is 64.6 Å². The molecule has 0 spiro atoms. The van der Waals surface area contributed by atoms with Crippen LogP contribution in [0.2, 0.25) is 0 Å². The molecule has 0 radical (unpaired) electrons. The maximum absolute atomic E-state index is 12.3. The molecular weight excluding hydrogens is 366 g/mol. The fourth-order valence-electron chi connectivity index (χ4n) is 2.68. The van der Waals surface area contributed by atoms with E-state index in [1.54, 1.807) is 31.2 Å². The van der Waals surface area contributed by atoms with E-state index in [4.69, 9.17) is 9.47 Å². The molecule has 1 N–H and O–H groups in total. The minimum absolute atomic E-state index is 0.119. The van der Waals surface area contributed by atoms with E-state index in [1.165, 1.54) is 0 Å². The third-order valence-corrected chi connectivity index (χ3v) is 4.19. The van der Waals surface area contributed by atoms with Gasteiger partial charge in [0.1, 0.15) is 17.3 Å². The molecule has 0 bridgehead atoms. The number of benzene rings is 3. The summed E-state index contributed by atoms with van der Waals surface area (Å²) in [5, 5.41) is 2.82. The number of amides is 1. The molecule has 0 heterocycles. The zero-order valence-corrected chi connectivity index (χ0v) is 16.3. The van der Waals surface area contributed by atoms with Crippen LogP contribution in [0, 0.1) is 0 Å². The Hall–Kier alpha value is -3.60. The van der Waals surface area contributed by atoms with Gasteiger partial charge in [-0.1, -0.05) is 42.5 Å². The number of ketones is 1. The van der Waals surface area contributed by atoms with Crippen molar-refractivity contribution < 1.29 is 19.1 Å². The molecule has 0 aromatic heterocycles. The van der Waals surface area contributed by atoms with E-state index < -0.39 is 0 Å². The normalized spacial score (nSPS) is 10.2. The van der Waals surface area contributed by atoms with E-state index in [-0.39, 0.29) is 18.3 Å². The highest BCUT2D eigenvalue weighted by Crippen LogP contribution is 2.29. The number of hydrogen-bond acceptors (Lipinski definition) is 4. The average Bonchev–Trinajstić information content (AvgIpc) is 2.73. The van der Waals surface area contributed by atoms with E-state index in [0.717, 1.165) is 5.56 Å². The lowest BCUT2D eigenvalue weighted by Crippen LogP contribution is -2.20. The summed E-state index contributed by atoms with van der Waals surface area (Å²) in [5.41, 5.74) is 1.63. The van der Waals surface area contributed by atoms with Gasteiger partial charge in [-0.25, -0.2) is 0 Å². The summed E-state index contributed by atoms with van der Waals surface area (Å²) in [5.74, 6) is 1.73. The lowest BCUT2D eigenvalue weighted by molar-refractivity contribution is -0.118. The molecule has 148 valence electrons. The molecule has 5 heteroatoms. The smallest absolute Gasteiger partial charge is 0.262 e. The van der Waals surface area contributed by atoms with Gasteiger partial charge in [0.2, 0.25) is 0 Å². The first-order chi connectivity index (χ1) is 14.1. The highest BCUT2D eigenvalue weighted by atomic mass is 16.5. The lowest BCUT2D eigenvalue weighted by Gasteiger charge is -2.12. The number of aryl methyl sites for hydroxylation is 1. The van der Waals surface area contributed by atoms with Crippen molar-refractivity contribution in [3.8, 4) is 17.2 Å². The van der Waals surface area contributed by atoms with Crippen LogP contribution in [0.1, 0.15) is 18.9 Å². The number of Topliss-reactive ketones (excluding diaryl/α,β-unsaturated/α-hetero) is 1. The second-order valence-corrected chi connectivity index (χ2v) is 6.59. The molecule has 3 rings (SSSR count). The van der Waals surface area contributed by atoms with Crippen LogP contribution in [0.3, 0.4) is 0 Å². The summed E-state index contributed by atoms with van der Waals surface area (Å²) >= 11 is 0. The molecular formula is C24H23NO4. The van der Waals surface area contributed by atoms with Crippen molar-refractivity contribution in [1.82, 2.24) is 0 Å². The van der Waals surface area contributed by atoms with Crippen molar-refractivity contribution in [2.75, 3.05) is 11.9 Å². The Morgan fingerprint density at radius 1 is 0.828 bits per heavy atom. The Labute approximate surface area is 170 Å². The molecule has 5 nitrogen and oxygen atoms in total. The minimum atomic E-state index is -0.283. The van der Waals surface area contributed by atoms with E-state index in [1.807, 2.05) is 54.6 Å². The molecule has 0 unspecified atom stereocenters. The van der Waals surface area contributed by atoms with Crippen LogP contribution in [0.15, 0.2) is 78.9 Å². The predicted molar refractivity (Wildman–Crippen MR) is 113 cm³/mol. The van der Waals surface area contributed by atoms with Crippen LogP contribution >= 0.6 is 0 Å². The summed E-state index contributed by atoms with van der Waals surface area (Å²) in [6.45, 7) is 1.46. The quantitative estimate of drug-likeness (QED) is 0.558. The van der Waals surface area contributed by atoms with Crippen molar-refractivity contribution in [1.29, 1.82) is 0 Å². The van der Waals surface area contributed by atoms with Crippen molar-refractivity contribution >= 4 is 17.4 Å². The number of hydrogen-bond donors (Lipinski definition) is 1. The summed E-state index contributed by atoms with van der Waals surface area (Å²) in [6, 6.07) is 24.0. The third-order valence-electron chi connectivity index (χ3n) is 4.19. The number of ether oxygens (including phenoxy) is 2. The molecule has 0 atom stereocenters. The monoisotopic (exact) mass is 389 g/mol. The van der Waals surface area contributed by atoms with Crippen LogP contribution in [0.25, 0.3) is 0 Å². The average molecular weight is 389 g/mol. The van der Waals surface area contributed by atoms with Gasteiger partial charge >= 0.3 is 0 Å². The zero-order chi connectivity index (χ0) is 20.5. The Morgan fingerprint density at radius 2 is 1.52 bits per heavy atom. The lowest BCUT2D eigenvalue weighted by atomic mass is 10.1.